The molecule has 2 saturated carbocycles. The molecule has 2 aliphatic carbocycles. The van der Waals surface area contributed by atoms with Gasteiger partial charge in [0.1, 0.15) is 5.15 Å². The molecule has 3 nitrogen and oxygen atoms in total. The van der Waals surface area contributed by atoms with E-state index in [1.165, 1.54) is 0 Å². The Kier molecular flexibility index (Phi) is 2.61. The van der Waals surface area contributed by atoms with Gasteiger partial charge in [-0.05, 0) is 35.8 Å². The normalized spacial score (nSPS) is 38.6. The van der Waals surface area contributed by atoms with Crippen LogP contribution in [0.2, 0.25) is 5.15 Å². The second-order valence-corrected chi connectivity index (χ2v) is 7.20. The third kappa shape index (κ3) is 1.44. The summed E-state index contributed by atoms with van der Waals surface area (Å²) in [6, 6.07) is 3.58. The predicted molar refractivity (Wildman–Crippen MR) is 73.8 cm³/mol. The zero-order chi connectivity index (χ0) is 14.1. The van der Waals surface area contributed by atoms with Crippen molar-refractivity contribution in [1.82, 2.24) is 4.98 Å². The highest BCUT2D eigenvalue weighted by Crippen LogP contribution is 2.73. The molecule has 0 aromatic carbocycles. The lowest BCUT2D eigenvalue weighted by Crippen LogP contribution is -2.50. The van der Waals surface area contributed by atoms with E-state index in [2.05, 4.69) is 18.8 Å². The van der Waals surface area contributed by atoms with Crippen LogP contribution in [-0.2, 0) is 0 Å². The largest absolute Gasteiger partial charge is 0.365 e. The van der Waals surface area contributed by atoms with Crippen LogP contribution < -0.4 is 0 Å². The first-order valence-corrected chi connectivity index (χ1v) is 7.16. The highest BCUT2D eigenvalue weighted by Gasteiger charge is 2.73. The van der Waals surface area contributed by atoms with E-state index in [-0.39, 0.29) is 17.3 Å². The number of hydrogen-bond donors (Lipinski definition) is 2. The summed E-state index contributed by atoms with van der Waals surface area (Å²) in [7, 11) is 0. The molecule has 0 aliphatic heterocycles. The fourth-order valence-electron chi connectivity index (χ4n) is 4.44. The number of halogens is 1. The summed E-state index contributed by atoms with van der Waals surface area (Å²) < 4.78 is 0. The Morgan fingerprint density at radius 3 is 2.42 bits per heavy atom. The Bertz CT molecular complexity index is 511. The van der Waals surface area contributed by atoms with Gasteiger partial charge in [-0.3, -0.25) is 0 Å². The first-order valence-electron chi connectivity index (χ1n) is 6.78. The molecule has 1 heterocycles. The second-order valence-electron chi connectivity index (χ2n) is 6.82. The molecule has 2 bridgehead atoms. The van der Waals surface area contributed by atoms with Crippen LogP contribution in [0, 0.1) is 16.7 Å². The van der Waals surface area contributed by atoms with Crippen molar-refractivity contribution in [3.63, 3.8) is 0 Å². The zero-order valence-corrected chi connectivity index (χ0v) is 12.3. The quantitative estimate of drug-likeness (QED) is 0.615. The molecule has 1 aromatic rings. The van der Waals surface area contributed by atoms with E-state index in [1.807, 2.05) is 13.0 Å². The van der Waals surface area contributed by atoms with Crippen molar-refractivity contribution in [3.8, 4) is 0 Å². The molecule has 0 amide bonds. The van der Waals surface area contributed by atoms with Gasteiger partial charge < -0.3 is 10.2 Å². The minimum atomic E-state index is -1.69. The maximum atomic E-state index is 10.8. The van der Waals surface area contributed by atoms with Crippen LogP contribution in [0.1, 0.15) is 45.1 Å². The van der Waals surface area contributed by atoms with Gasteiger partial charge in [0.25, 0.3) is 0 Å². The molecule has 2 fully saturated rings. The Hall–Kier alpha value is -0.640. The first-order chi connectivity index (χ1) is 8.72. The molecule has 0 saturated heterocycles. The maximum absolute atomic E-state index is 10.8. The van der Waals surface area contributed by atoms with Crippen molar-refractivity contribution in [2.45, 2.75) is 45.3 Å². The third-order valence-electron chi connectivity index (χ3n) is 6.06. The molecule has 1 aromatic heterocycles. The van der Waals surface area contributed by atoms with Gasteiger partial charge in [-0.15, -0.1) is 0 Å². The summed E-state index contributed by atoms with van der Waals surface area (Å²) in [4.78, 5) is 4.09. The topological polar surface area (TPSA) is 53.4 Å². The molecule has 0 radical (unpaired) electrons. The first kappa shape index (κ1) is 13.3. The molecular weight excluding hydrogens is 262 g/mol. The van der Waals surface area contributed by atoms with Crippen LogP contribution in [0.4, 0.5) is 0 Å². The van der Waals surface area contributed by atoms with Crippen molar-refractivity contribution in [2.24, 2.45) is 16.7 Å². The monoisotopic (exact) mass is 281 g/mol. The highest BCUT2D eigenvalue weighted by molar-refractivity contribution is 6.29. The number of hydrogen-bond acceptors (Lipinski definition) is 3. The van der Waals surface area contributed by atoms with E-state index >= 15 is 0 Å². The third-order valence-corrected chi connectivity index (χ3v) is 6.29. The Morgan fingerprint density at radius 2 is 1.95 bits per heavy atom. The van der Waals surface area contributed by atoms with Gasteiger partial charge in [-0.2, -0.15) is 0 Å². The van der Waals surface area contributed by atoms with Gasteiger partial charge in [-0.25, -0.2) is 4.98 Å². The van der Waals surface area contributed by atoms with Crippen molar-refractivity contribution in [2.75, 3.05) is 0 Å². The number of rotatable bonds is 1. The lowest BCUT2D eigenvalue weighted by Gasteiger charge is -2.43. The number of nitrogens with zero attached hydrogens (tertiary/aromatic N) is 1. The van der Waals surface area contributed by atoms with E-state index < -0.39 is 11.2 Å². The van der Waals surface area contributed by atoms with Gasteiger partial charge in [-0.1, -0.05) is 38.4 Å². The molecule has 2 N–H and O–H groups in total. The maximum Gasteiger partial charge on any atom is 0.175 e. The summed E-state index contributed by atoms with van der Waals surface area (Å²) in [6.07, 6.45) is 3.56. The highest BCUT2D eigenvalue weighted by atomic mass is 35.5. The van der Waals surface area contributed by atoms with Crippen LogP contribution in [0.25, 0.3) is 0 Å². The fourth-order valence-corrected chi connectivity index (χ4v) is 4.55. The second kappa shape index (κ2) is 3.72. The van der Waals surface area contributed by atoms with Gasteiger partial charge in [0.2, 0.25) is 0 Å². The Labute approximate surface area is 118 Å². The number of aromatic nitrogens is 1. The average Bonchev–Trinajstić information content (AvgIpc) is 2.61. The average molecular weight is 282 g/mol. The lowest BCUT2D eigenvalue weighted by atomic mass is 9.68. The van der Waals surface area contributed by atoms with Crippen LogP contribution in [0.3, 0.4) is 0 Å². The van der Waals surface area contributed by atoms with E-state index in [1.54, 1.807) is 12.3 Å². The summed E-state index contributed by atoms with van der Waals surface area (Å²) in [5.41, 5.74) is 0.298. The number of aliphatic hydroxyl groups is 2. The Morgan fingerprint density at radius 1 is 1.26 bits per heavy atom. The lowest BCUT2D eigenvalue weighted by molar-refractivity contribution is -0.251. The van der Waals surface area contributed by atoms with E-state index in [4.69, 9.17) is 11.6 Å². The smallest absolute Gasteiger partial charge is 0.175 e. The van der Waals surface area contributed by atoms with Crippen LogP contribution in [0.5, 0.6) is 0 Å². The van der Waals surface area contributed by atoms with Crippen molar-refractivity contribution in [3.05, 3.63) is 29.0 Å². The molecule has 2 aliphatic rings. The van der Waals surface area contributed by atoms with Gasteiger partial charge >= 0.3 is 0 Å². The molecule has 4 heteroatoms. The predicted octanol–water partition coefficient (Wildman–Crippen LogP) is 2.96. The minimum absolute atomic E-state index is 0.0964. The van der Waals surface area contributed by atoms with E-state index in [0.717, 1.165) is 18.4 Å². The SMILES string of the molecule is CC1(C)C2CCC1(C)C(O)(O)C2c1ccc(Cl)nc1. The van der Waals surface area contributed by atoms with E-state index in [0.29, 0.717) is 5.15 Å². The molecule has 3 unspecified atom stereocenters. The summed E-state index contributed by atoms with van der Waals surface area (Å²) in [6.45, 7) is 6.29. The minimum Gasteiger partial charge on any atom is -0.365 e. The number of pyridine rings is 1. The van der Waals surface area contributed by atoms with Gasteiger partial charge in [0.15, 0.2) is 5.79 Å². The summed E-state index contributed by atoms with van der Waals surface area (Å²) in [5.74, 6) is -1.71. The fraction of sp³-hybridized carbons (Fsp3) is 0.667. The van der Waals surface area contributed by atoms with Gasteiger partial charge in [0.05, 0.1) is 0 Å². The van der Waals surface area contributed by atoms with Crippen LogP contribution in [0.15, 0.2) is 18.3 Å². The summed E-state index contributed by atoms with van der Waals surface area (Å²) >= 11 is 5.82. The van der Waals surface area contributed by atoms with E-state index in [9.17, 15) is 10.2 Å². The molecule has 0 spiro atoms. The van der Waals surface area contributed by atoms with Crippen molar-refractivity contribution < 1.29 is 10.2 Å². The van der Waals surface area contributed by atoms with Crippen molar-refractivity contribution >= 4 is 11.6 Å². The van der Waals surface area contributed by atoms with Gasteiger partial charge in [0, 0.05) is 17.5 Å². The molecule has 3 rings (SSSR count). The summed E-state index contributed by atoms with van der Waals surface area (Å²) in [5, 5.41) is 21.9. The van der Waals surface area contributed by atoms with Crippen molar-refractivity contribution in [1.29, 1.82) is 0 Å². The molecule has 104 valence electrons. The molecular formula is C15H20ClNO2. The molecule has 19 heavy (non-hydrogen) atoms. The van der Waals surface area contributed by atoms with Crippen LogP contribution >= 0.6 is 11.6 Å². The number of fused-ring (bicyclic) bond motifs is 2. The van der Waals surface area contributed by atoms with Crippen LogP contribution in [-0.4, -0.2) is 21.0 Å². The molecule has 3 atom stereocenters. The zero-order valence-electron chi connectivity index (χ0n) is 11.5. The standard InChI is InChI=1S/C15H20ClNO2/c1-13(2)10-6-7-14(13,3)15(18,19)12(10)9-4-5-11(16)17-8-9/h4-5,8,10,12,18-19H,6-7H2,1-3H3. The Balaban J connectivity index is 2.11.